The normalized spacial score (nSPS) is 10.1. The molecule has 3 heteroatoms. The highest BCUT2D eigenvalue weighted by Gasteiger charge is 2.10. The molecule has 0 aliphatic heterocycles. The summed E-state index contributed by atoms with van der Waals surface area (Å²) in [6.07, 6.45) is 0.756. The molecule has 0 aromatic heterocycles. The van der Waals surface area contributed by atoms with Gasteiger partial charge >= 0.3 is 0 Å². The monoisotopic (exact) mass is 260 g/mol. The van der Waals surface area contributed by atoms with E-state index in [4.69, 9.17) is 16.3 Å². The van der Waals surface area contributed by atoms with Crippen molar-refractivity contribution >= 4 is 17.9 Å². The number of hydrogen-bond acceptors (Lipinski definition) is 2. The predicted octanol–water partition coefficient (Wildman–Crippen LogP) is 4.04. The van der Waals surface area contributed by atoms with Gasteiger partial charge in [0.1, 0.15) is 12.4 Å². The van der Waals surface area contributed by atoms with Crippen LogP contribution < -0.4 is 4.74 Å². The third-order valence-corrected chi connectivity index (χ3v) is 3.14. The molecule has 92 valence electrons. The number of hydrogen-bond donors (Lipinski definition) is 0. The van der Waals surface area contributed by atoms with Crippen molar-refractivity contribution in [2.45, 2.75) is 13.5 Å². The summed E-state index contributed by atoms with van der Waals surface area (Å²) in [5.41, 5.74) is 2.40. The predicted molar refractivity (Wildman–Crippen MR) is 72.4 cm³/mol. The molecule has 2 aromatic rings. The molecule has 0 saturated heterocycles. The third-order valence-electron chi connectivity index (χ3n) is 2.67. The molecule has 0 saturated carbocycles. The third kappa shape index (κ3) is 2.71. The van der Waals surface area contributed by atoms with Gasteiger partial charge in [0, 0.05) is 0 Å². The van der Waals surface area contributed by atoms with Gasteiger partial charge in [0.2, 0.25) is 0 Å². The van der Waals surface area contributed by atoms with Gasteiger partial charge in [0.15, 0.2) is 6.29 Å². The Morgan fingerprint density at radius 2 is 1.89 bits per heavy atom. The summed E-state index contributed by atoms with van der Waals surface area (Å²) < 4.78 is 5.66. The second-order valence-corrected chi connectivity index (χ2v) is 4.38. The lowest BCUT2D eigenvalue weighted by molar-refractivity contribution is 0.111. The average molecular weight is 261 g/mol. The van der Waals surface area contributed by atoms with E-state index in [1.807, 2.05) is 37.3 Å². The van der Waals surface area contributed by atoms with Gasteiger partial charge in [-0.05, 0) is 24.1 Å². The summed E-state index contributed by atoms with van der Waals surface area (Å²) in [6.45, 7) is 2.27. The average Bonchev–Trinajstić information content (AvgIpc) is 2.41. The molecule has 0 N–H and O–H groups in total. The molecule has 2 rings (SSSR count). The molecule has 2 nitrogen and oxygen atoms in total. The van der Waals surface area contributed by atoms with E-state index < -0.39 is 0 Å². The van der Waals surface area contributed by atoms with Crippen LogP contribution in [0.2, 0.25) is 5.02 Å². The summed E-state index contributed by atoms with van der Waals surface area (Å²) >= 11 is 6.16. The first-order valence-electron chi connectivity index (χ1n) is 5.63. The van der Waals surface area contributed by atoms with Gasteiger partial charge in [-0.25, -0.2) is 0 Å². The Morgan fingerprint density at radius 1 is 1.17 bits per heavy atom. The van der Waals surface area contributed by atoms with E-state index in [0.29, 0.717) is 22.9 Å². The number of carbonyl (C=O) groups excluding carboxylic acids is 1. The lowest BCUT2D eigenvalue weighted by Gasteiger charge is -2.11. The van der Waals surface area contributed by atoms with Crippen molar-refractivity contribution in [3.05, 3.63) is 64.2 Å². The van der Waals surface area contributed by atoms with Gasteiger partial charge in [-0.15, -0.1) is 0 Å². The van der Waals surface area contributed by atoms with Crippen molar-refractivity contribution in [2.24, 2.45) is 0 Å². The maximum absolute atomic E-state index is 11.0. The number of benzene rings is 2. The smallest absolute Gasteiger partial charge is 0.153 e. The number of ether oxygens (including phenoxy) is 1. The van der Waals surface area contributed by atoms with Crippen molar-refractivity contribution in [3.63, 3.8) is 0 Å². The Bertz CT molecular complexity index is 550. The highest BCUT2D eigenvalue weighted by molar-refractivity contribution is 6.33. The standard InChI is InChI=1S/C15H13ClO2/c1-11-7-8-13(9-17)15(14(11)16)18-10-12-5-3-2-4-6-12/h2-9H,10H2,1H3. The molecule has 0 spiro atoms. The quantitative estimate of drug-likeness (QED) is 0.776. The van der Waals surface area contributed by atoms with E-state index in [1.165, 1.54) is 0 Å². The van der Waals surface area contributed by atoms with Crippen molar-refractivity contribution in [1.82, 2.24) is 0 Å². The molecular formula is C15H13ClO2. The van der Waals surface area contributed by atoms with Gasteiger partial charge in [0.25, 0.3) is 0 Å². The van der Waals surface area contributed by atoms with Gasteiger partial charge in [-0.3, -0.25) is 4.79 Å². The number of aryl methyl sites for hydroxylation is 1. The van der Waals surface area contributed by atoms with E-state index in [-0.39, 0.29) is 0 Å². The minimum atomic E-state index is 0.394. The van der Waals surface area contributed by atoms with Crippen molar-refractivity contribution in [2.75, 3.05) is 0 Å². The maximum atomic E-state index is 11.0. The van der Waals surface area contributed by atoms with Gasteiger partial charge in [-0.2, -0.15) is 0 Å². The summed E-state index contributed by atoms with van der Waals surface area (Å²) in [6, 6.07) is 13.3. The second-order valence-electron chi connectivity index (χ2n) is 4.01. The fourth-order valence-electron chi connectivity index (χ4n) is 1.64. The Kier molecular flexibility index (Phi) is 4.00. The van der Waals surface area contributed by atoms with Crippen LogP contribution in [-0.2, 0) is 6.61 Å². The largest absolute Gasteiger partial charge is 0.487 e. The van der Waals surface area contributed by atoms with Crippen LogP contribution in [0.15, 0.2) is 42.5 Å². The van der Waals surface area contributed by atoms with E-state index in [0.717, 1.165) is 17.4 Å². The number of rotatable bonds is 4. The maximum Gasteiger partial charge on any atom is 0.153 e. The summed E-state index contributed by atoms with van der Waals surface area (Å²) in [4.78, 5) is 11.0. The van der Waals surface area contributed by atoms with Crippen LogP contribution in [0.4, 0.5) is 0 Å². The second kappa shape index (κ2) is 5.69. The lowest BCUT2D eigenvalue weighted by atomic mass is 10.1. The Balaban J connectivity index is 2.23. The zero-order valence-electron chi connectivity index (χ0n) is 10.0. The minimum Gasteiger partial charge on any atom is -0.487 e. The van der Waals surface area contributed by atoms with Crippen LogP contribution in [0.1, 0.15) is 21.5 Å². The fraction of sp³-hybridized carbons (Fsp3) is 0.133. The molecule has 18 heavy (non-hydrogen) atoms. The van der Waals surface area contributed by atoms with Crippen molar-refractivity contribution < 1.29 is 9.53 Å². The molecule has 0 radical (unpaired) electrons. The lowest BCUT2D eigenvalue weighted by Crippen LogP contribution is -1.99. The van der Waals surface area contributed by atoms with Gasteiger partial charge in [-0.1, -0.05) is 48.0 Å². The molecule has 0 amide bonds. The topological polar surface area (TPSA) is 26.3 Å². The van der Waals surface area contributed by atoms with Gasteiger partial charge in [0.05, 0.1) is 10.6 Å². The van der Waals surface area contributed by atoms with Crippen LogP contribution >= 0.6 is 11.6 Å². The fourth-order valence-corrected chi connectivity index (χ4v) is 1.87. The first-order chi connectivity index (χ1) is 8.72. The van der Waals surface area contributed by atoms with Crippen LogP contribution in [0.5, 0.6) is 5.75 Å². The Morgan fingerprint density at radius 3 is 2.56 bits per heavy atom. The first-order valence-corrected chi connectivity index (χ1v) is 6.01. The number of halogens is 1. The minimum absolute atomic E-state index is 0.394. The molecule has 0 bridgehead atoms. The molecule has 0 unspecified atom stereocenters. The zero-order chi connectivity index (χ0) is 13.0. The summed E-state index contributed by atoms with van der Waals surface area (Å²) in [5.74, 6) is 0.454. The summed E-state index contributed by atoms with van der Waals surface area (Å²) in [7, 11) is 0. The van der Waals surface area contributed by atoms with Crippen LogP contribution in [-0.4, -0.2) is 6.29 Å². The van der Waals surface area contributed by atoms with Crippen molar-refractivity contribution in [3.8, 4) is 5.75 Å². The van der Waals surface area contributed by atoms with E-state index >= 15 is 0 Å². The van der Waals surface area contributed by atoms with Gasteiger partial charge < -0.3 is 4.74 Å². The SMILES string of the molecule is Cc1ccc(C=O)c(OCc2ccccc2)c1Cl. The number of aldehydes is 1. The van der Waals surface area contributed by atoms with Crippen LogP contribution in [0.3, 0.4) is 0 Å². The number of carbonyl (C=O) groups is 1. The molecule has 0 aliphatic rings. The molecule has 0 aliphatic carbocycles. The zero-order valence-corrected chi connectivity index (χ0v) is 10.8. The Labute approximate surface area is 111 Å². The van der Waals surface area contributed by atoms with E-state index in [9.17, 15) is 4.79 Å². The van der Waals surface area contributed by atoms with E-state index in [2.05, 4.69) is 0 Å². The first kappa shape index (κ1) is 12.7. The van der Waals surface area contributed by atoms with E-state index in [1.54, 1.807) is 12.1 Å². The van der Waals surface area contributed by atoms with Crippen LogP contribution in [0.25, 0.3) is 0 Å². The molecule has 0 heterocycles. The molecule has 2 aromatic carbocycles. The molecule has 0 atom stereocenters. The Hall–Kier alpha value is -1.80. The summed E-state index contributed by atoms with van der Waals surface area (Å²) in [5, 5.41) is 0.496. The van der Waals surface area contributed by atoms with Crippen molar-refractivity contribution in [1.29, 1.82) is 0 Å². The molecule has 0 fully saturated rings. The highest BCUT2D eigenvalue weighted by atomic mass is 35.5. The molecular weight excluding hydrogens is 248 g/mol. The highest BCUT2D eigenvalue weighted by Crippen LogP contribution is 2.31. The van der Waals surface area contributed by atoms with Crippen LogP contribution in [0, 0.1) is 6.92 Å².